The maximum absolute atomic E-state index is 11.9. The first-order chi connectivity index (χ1) is 8.56. The molecule has 92 valence electrons. The van der Waals surface area contributed by atoms with Crippen molar-refractivity contribution in [2.24, 2.45) is 0 Å². The molecule has 1 aromatic heterocycles. The molecule has 0 spiro atoms. The molecule has 0 radical (unpaired) electrons. The van der Waals surface area contributed by atoms with E-state index in [0.29, 0.717) is 10.8 Å². The largest absolute Gasteiger partial charge is 0.507 e. The molecule has 0 fully saturated rings. The zero-order chi connectivity index (χ0) is 13.1. The number of amides is 1. The highest BCUT2D eigenvalue weighted by Crippen LogP contribution is 2.22. The van der Waals surface area contributed by atoms with Crippen LogP contribution in [0.5, 0.6) is 5.75 Å². The minimum Gasteiger partial charge on any atom is -0.507 e. The van der Waals surface area contributed by atoms with E-state index in [0.717, 1.165) is 5.69 Å². The smallest absolute Gasteiger partial charge is 0.260 e. The molecule has 0 saturated heterocycles. The van der Waals surface area contributed by atoms with Crippen molar-refractivity contribution in [3.8, 4) is 5.75 Å². The molecule has 2 N–H and O–H groups in total. The lowest BCUT2D eigenvalue weighted by molar-refractivity contribution is 0.102. The number of nitrogens with one attached hydrogen (secondary N) is 1. The molecule has 0 saturated carbocycles. The number of carbonyl (C=O) groups is 1. The number of aryl methyl sites for hydroxylation is 1. The van der Waals surface area contributed by atoms with E-state index in [1.807, 2.05) is 13.0 Å². The van der Waals surface area contributed by atoms with E-state index in [1.165, 1.54) is 12.1 Å². The third-order valence-corrected chi connectivity index (χ3v) is 2.57. The molecule has 0 bridgehead atoms. The number of aromatic nitrogens is 1. The van der Waals surface area contributed by atoms with Crippen LogP contribution in [0.4, 0.5) is 5.82 Å². The second kappa shape index (κ2) is 5.06. The highest BCUT2D eigenvalue weighted by molar-refractivity contribution is 6.30. The minimum absolute atomic E-state index is 0.155. The Hall–Kier alpha value is -2.07. The summed E-state index contributed by atoms with van der Waals surface area (Å²) in [5.41, 5.74) is 0.954. The molecule has 0 atom stereocenters. The lowest BCUT2D eigenvalue weighted by atomic mass is 10.2. The molecule has 1 aromatic carbocycles. The van der Waals surface area contributed by atoms with Gasteiger partial charge in [0, 0.05) is 10.7 Å². The number of halogens is 1. The lowest BCUT2D eigenvalue weighted by Gasteiger charge is -2.06. The number of hydrogen-bond acceptors (Lipinski definition) is 3. The van der Waals surface area contributed by atoms with Gasteiger partial charge in [0.15, 0.2) is 0 Å². The highest BCUT2D eigenvalue weighted by Gasteiger charge is 2.12. The molecule has 5 heteroatoms. The number of rotatable bonds is 2. The van der Waals surface area contributed by atoms with Crippen molar-refractivity contribution < 1.29 is 9.90 Å². The van der Waals surface area contributed by atoms with Crippen LogP contribution in [0.1, 0.15) is 16.1 Å². The van der Waals surface area contributed by atoms with Crippen molar-refractivity contribution >= 4 is 23.3 Å². The summed E-state index contributed by atoms with van der Waals surface area (Å²) in [4.78, 5) is 16.0. The number of hydrogen-bond donors (Lipinski definition) is 2. The van der Waals surface area contributed by atoms with E-state index in [4.69, 9.17) is 11.6 Å². The van der Waals surface area contributed by atoms with Gasteiger partial charge >= 0.3 is 0 Å². The average molecular weight is 263 g/mol. The van der Waals surface area contributed by atoms with E-state index in [9.17, 15) is 9.90 Å². The summed E-state index contributed by atoms with van der Waals surface area (Å²) in [6.45, 7) is 1.83. The molecule has 1 amide bonds. The molecule has 0 aliphatic rings. The van der Waals surface area contributed by atoms with Crippen LogP contribution < -0.4 is 5.32 Å². The van der Waals surface area contributed by atoms with Gasteiger partial charge in [-0.25, -0.2) is 4.98 Å². The van der Waals surface area contributed by atoms with Crippen molar-refractivity contribution in [1.29, 1.82) is 0 Å². The molecule has 0 aliphatic carbocycles. The van der Waals surface area contributed by atoms with Gasteiger partial charge in [-0.3, -0.25) is 4.79 Å². The van der Waals surface area contributed by atoms with Crippen molar-refractivity contribution in [2.45, 2.75) is 6.92 Å². The first-order valence-corrected chi connectivity index (χ1v) is 5.67. The molecule has 4 nitrogen and oxygen atoms in total. The predicted octanol–water partition coefficient (Wildman–Crippen LogP) is 3.00. The van der Waals surface area contributed by atoms with Gasteiger partial charge in [0.05, 0.1) is 5.56 Å². The molecule has 18 heavy (non-hydrogen) atoms. The second-order valence-electron chi connectivity index (χ2n) is 3.78. The van der Waals surface area contributed by atoms with Crippen LogP contribution in [0.2, 0.25) is 5.02 Å². The minimum atomic E-state index is -0.428. The first kappa shape index (κ1) is 12.4. The second-order valence-corrected chi connectivity index (χ2v) is 4.22. The molecule has 0 aliphatic heterocycles. The zero-order valence-electron chi connectivity index (χ0n) is 9.64. The van der Waals surface area contributed by atoms with Gasteiger partial charge < -0.3 is 10.4 Å². The standard InChI is InChI=1S/C13H11ClN2O2/c1-8-3-2-4-12(15-8)16-13(18)10-6-5-9(14)7-11(10)17/h2-7,17H,1H3,(H,15,16,18). The van der Waals surface area contributed by atoms with Crippen LogP contribution in [0.25, 0.3) is 0 Å². The Morgan fingerprint density at radius 1 is 1.33 bits per heavy atom. The quantitative estimate of drug-likeness (QED) is 0.875. The van der Waals surface area contributed by atoms with Gasteiger partial charge in [-0.05, 0) is 37.3 Å². The topological polar surface area (TPSA) is 62.2 Å². The average Bonchev–Trinajstić information content (AvgIpc) is 2.28. The predicted molar refractivity (Wildman–Crippen MR) is 70.0 cm³/mol. The lowest BCUT2D eigenvalue weighted by Crippen LogP contribution is -2.13. The first-order valence-electron chi connectivity index (χ1n) is 5.30. The highest BCUT2D eigenvalue weighted by atomic mass is 35.5. The fourth-order valence-corrected chi connectivity index (χ4v) is 1.66. The van der Waals surface area contributed by atoms with Gasteiger partial charge in [0.25, 0.3) is 5.91 Å². The number of phenolic OH excluding ortho intramolecular Hbond substituents is 1. The number of anilines is 1. The Labute approximate surface area is 109 Å². The van der Waals surface area contributed by atoms with Crippen molar-refractivity contribution in [3.63, 3.8) is 0 Å². The van der Waals surface area contributed by atoms with Crippen LogP contribution in [0.15, 0.2) is 36.4 Å². The summed E-state index contributed by atoms with van der Waals surface area (Å²) in [5, 5.41) is 12.6. The van der Waals surface area contributed by atoms with E-state index in [1.54, 1.807) is 18.2 Å². The van der Waals surface area contributed by atoms with Crippen LogP contribution in [-0.4, -0.2) is 16.0 Å². The summed E-state index contributed by atoms with van der Waals surface area (Å²) >= 11 is 5.70. The molecule has 2 aromatic rings. The third kappa shape index (κ3) is 2.78. The fraction of sp³-hybridized carbons (Fsp3) is 0.0769. The Balaban J connectivity index is 2.22. The molecule has 0 unspecified atom stereocenters. The van der Waals surface area contributed by atoms with Crippen LogP contribution in [0, 0.1) is 6.92 Å². The third-order valence-electron chi connectivity index (χ3n) is 2.33. The number of nitrogens with zero attached hydrogens (tertiary/aromatic N) is 1. The normalized spacial score (nSPS) is 10.1. The number of carbonyl (C=O) groups excluding carboxylic acids is 1. The van der Waals surface area contributed by atoms with Crippen molar-refractivity contribution in [2.75, 3.05) is 5.32 Å². The number of phenols is 1. The van der Waals surface area contributed by atoms with Crippen molar-refractivity contribution in [3.05, 3.63) is 52.7 Å². The Morgan fingerprint density at radius 2 is 2.11 bits per heavy atom. The summed E-state index contributed by atoms with van der Waals surface area (Å²) in [5.74, 6) is -0.149. The Bertz CT molecular complexity index is 599. The maximum Gasteiger partial charge on any atom is 0.260 e. The molecular formula is C13H11ClN2O2. The van der Waals surface area contributed by atoms with Gasteiger partial charge in [0.2, 0.25) is 0 Å². The zero-order valence-corrected chi connectivity index (χ0v) is 10.4. The molecule has 2 rings (SSSR count). The summed E-state index contributed by atoms with van der Waals surface area (Å²) in [6.07, 6.45) is 0. The number of pyridine rings is 1. The molecule has 1 heterocycles. The Morgan fingerprint density at radius 3 is 2.78 bits per heavy atom. The van der Waals surface area contributed by atoms with E-state index in [-0.39, 0.29) is 11.3 Å². The Kier molecular flexibility index (Phi) is 3.48. The van der Waals surface area contributed by atoms with Gasteiger partial charge in [0.1, 0.15) is 11.6 Å². The summed E-state index contributed by atoms with van der Waals surface area (Å²) in [6, 6.07) is 9.62. The van der Waals surface area contributed by atoms with Gasteiger partial charge in [-0.15, -0.1) is 0 Å². The van der Waals surface area contributed by atoms with Crippen molar-refractivity contribution in [1.82, 2.24) is 4.98 Å². The maximum atomic E-state index is 11.9. The van der Waals surface area contributed by atoms with E-state index < -0.39 is 5.91 Å². The summed E-state index contributed by atoms with van der Waals surface area (Å²) < 4.78 is 0. The number of aromatic hydroxyl groups is 1. The van der Waals surface area contributed by atoms with Gasteiger partial charge in [-0.2, -0.15) is 0 Å². The van der Waals surface area contributed by atoms with Gasteiger partial charge in [-0.1, -0.05) is 17.7 Å². The monoisotopic (exact) mass is 262 g/mol. The van der Waals surface area contributed by atoms with E-state index in [2.05, 4.69) is 10.3 Å². The fourth-order valence-electron chi connectivity index (χ4n) is 1.49. The van der Waals surface area contributed by atoms with Crippen LogP contribution in [0.3, 0.4) is 0 Å². The SMILES string of the molecule is Cc1cccc(NC(=O)c2ccc(Cl)cc2O)n1. The van der Waals surface area contributed by atoms with Crippen LogP contribution in [-0.2, 0) is 0 Å². The van der Waals surface area contributed by atoms with E-state index >= 15 is 0 Å². The summed E-state index contributed by atoms with van der Waals surface area (Å²) in [7, 11) is 0. The number of benzene rings is 1. The molecular weight excluding hydrogens is 252 g/mol. The van der Waals surface area contributed by atoms with Crippen LogP contribution >= 0.6 is 11.6 Å².